The molecule has 1 aromatic rings. The van der Waals surface area contributed by atoms with Gasteiger partial charge in [-0.25, -0.2) is 4.79 Å². The molecule has 7 nitrogen and oxygen atoms in total. The molecule has 0 unspecified atom stereocenters. The fourth-order valence-electron chi connectivity index (χ4n) is 2.95. The number of guanidine groups is 1. The lowest BCUT2D eigenvalue weighted by atomic mass is 10.1. The fraction of sp³-hybridized carbons (Fsp3) is 0.579. The zero-order valence-electron chi connectivity index (χ0n) is 16.7. The quantitative estimate of drug-likeness (QED) is 0.338. The lowest BCUT2D eigenvalue weighted by molar-refractivity contribution is 0.0963. The molecule has 1 saturated heterocycles. The highest BCUT2D eigenvalue weighted by Crippen LogP contribution is 2.23. The molecule has 0 aliphatic carbocycles. The fourth-order valence-corrected chi connectivity index (χ4v) is 3.11. The molecule has 158 valence electrons. The van der Waals surface area contributed by atoms with Gasteiger partial charge in [0.1, 0.15) is 5.75 Å². The highest BCUT2D eigenvalue weighted by molar-refractivity contribution is 14.0. The predicted molar refractivity (Wildman–Crippen MR) is 123 cm³/mol. The minimum atomic E-state index is -0.232. The highest BCUT2D eigenvalue weighted by atomic mass is 127. The highest BCUT2D eigenvalue weighted by Gasteiger charge is 2.24. The minimum absolute atomic E-state index is 0. The van der Waals surface area contributed by atoms with Gasteiger partial charge >= 0.3 is 6.09 Å². The van der Waals surface area contributed by atoms with Crippen molar-refractivity contribution in [1.82, 2.24) is 15.5 Å². The first-order chi connectivity index (χ1) is 13.1. The Morgan fingerprint density at radius 3 is 2.61 bits per heavy atom. The van der Waals surface area contributed by atoms with Crippen LogP contribution in [0.5, 0.6) is 5.75 Å². The largest absolute Gasteiger partial charge is 0.493 e. The summed E-state index contributed by atoms with van der Waals surface area (Å²) in [6, 6.07) is 5.88. The number of ether oxygens (including phenoxy) is 2. The Bertz CT molecular complexity index is 652. The number of likely N-dealkylation sites (tertiary alicyclic amines) is 1. The zero-order valence-corrected chi connectivity index (χ0v) is 19.8. The van der Waals surface area contributed by atoms with Crippen LogP contribution in [0.4, 0.5) is 4.79 Å². The van der Waals surface area contributed by atoms with Crippen LogP contribution in [-0.2, 0) is 11.3 Å². The second kappa shape index (κ2) is 12.9. The van der Waals surface area contributed by atoms with Crippen LogP contribution in [0, 0.1) is 0 Å². The second-order valence-corrected chi connectivity index (χ2v) is 6.65. The van der Waals surface area contributed by atoms with Gasteiger partial charge in [-0.05, 0) is 38.8 Å². The van der Waals surface area contributed by atoms with Gasteiger partial charge in [-0.1, -0.05) is 17.7 Å². The van der Waals surface area contributed by atoms with E-state index in [-0.39, 0.29) is 36.1 Å². The van der Waals surface area contributed by atoms with Crippen LogP contribution in [0.1, 0.15) is 32.3 Å². The summed E-state index contributed by atoms with van der Waals surface area (Å²) in [7, 11) is 1.74. The maximum absolute atomic E-state index is 11.8. The Kier molecular flexibility index (Phi) is 11.4. The van der Waals surface area contributed by atoms with Crippen molar-refractivity contribution in [1.29, 1.82) is 0 Å². The predicted octanol–water partition coefficient (Wildman–Crippen LogP) is 3.64. The van der Waals surface area contributed by atoms with E-state index in [1.807, 2.05) is 32.0 Å². The number of hydrogen-bond donors (Lipinski definition) is 2. The van der Waals surface area contributed by atoms with E-state index in [1.165, 1.54) is 0 Å². The summed E-state index contributed by atoms with van der Waals surface area (Å²) in [6.45, 7) is 6.69. The Morgan fingerprint density at radius 1 is 1.29 bits per heavy atom. The van der Waals surface area contributed by atoms with E-state index in [9.17, 15) is 4.79 Å². The summed E-state index contributed by atoms with van der Waals surface area (Å²) >= 11 is 6.05. The molecule has 1 fully saturated rings. The molecular weight excluding hydrogens is 495 g/mol. The first kappa shape index (κ1) is 24.6. The Labute approximate surface area is 189 Å². The molecule has 0 atom stereocenters. The second-order valence-electron chi connectivity index (χ2n) is 6.22. The SMILES string of the molecule is CCOC(=O)N1CCC(NC(=NC)NCc2ccc(Cl)cc2OCC)CC1.I. The molecule has 1 aromatic carbocycles. The van der Waals surface area contributed by atoms with Crippen molar-refractivity contribution in [2.45, 2.75) is 39.3 Å². The summed E-state index contributed by atoms with van der Waals surface area (Å²) in [4.78, 5) is 17.8. The molecule has 1 heterocycles. The third-order valence-corrected chi connectivity index (χ3v) is 4.60. The van der Waals surface area contributed by atoms with Gasteiger partial charge in [0.05, 0.1) is 13.2 Å². The van der Waals surface area contributed by atoms with Crippen molar-refractivity contribution in [2.24, 2.45) is 4.99 Å². The first-order valence-electron chi connectivity index (χ1n) is 9.37. The first-order valence-corrected chi connectivity index (χ1v) is 9.75. The molecule has 2 rings (SSSR count). The van der Waals surface area contributed by atoms with Crippen LogP contribution in [-0.4, -0.2) is 56.3 Å². The summed E-state index contributed by atoms with van der Waals surface area (Å²) in [5, 5.41) is 7.39. The molecule has 1 amide bonds. The lowest BCUT2D eigenvalue weighted by Crippen LogP contribution is -2.49. The van der Waals surface area contributed by atoms with Gasteiger partial charge in [-0.15, -0.1) is 24.0 Å². The van der Waals surface area contributed by atoms with E-state index in [0.717, 1.165) is 30.1 Å². The molecule has 0 radical (unpaired) electrons. The number of carbonyl (C=O) groups is 1. The number of rotatable bonds is 6. The molecule has 1 aliphatic heterocycles. The Balaban J connectivity index is 0.00000392. The maximum Gasteiger partial charge on any atom is 0.409 e. The number of nitrogens with one attached hydrogen (secondary N) is 2. The normalized spacial score (nSPS) is 14.9. The molecular formula is C19H30ClIN4O3. The lowest BCUT2D eigenvalue weighted by Gasteiger charge is -2.32. The van der Waals surface area contributed by atoms with E-state index in [0.29, 0.717) is 37.9 Å². The average Bonchev–Trinajstić information content (AvgIpc) is 2.67. The van der Waals surface area contributed by atoms with Crippen LogP contribution in [0.25, 0.3) is 0 Å². The summed E-state index contributed by atoms with van der Waals surface area (Å²) in [5.41, 5.74) is 1.02. The summed E-state index contributed by atoms with van der Waals surface area (Å²) in [5.74, 6) is 1.50. The van der Waals surface area contributed by atoms with Gasteiger partial charge in [0, 0.05) is 43.3 Å². The van der Waals surface area contributed by atoms with Crippen molar-refractivity contribution >= 4 is 47.6 Å². The minimum Gasteiger partial charge on any atom is -0.493 e. The van der Waals surface area contributed by atoms with Crippen LogP contribution in [0.3, 0.4) is 0 Å². The molecule has 0 bridgehead atoms. The zero-order chi connectivity index (χ0) is 19.6. The van der Waals surface area contributed by atoms with E-state index >= 15 is 0 Å². The Morgan fingerprint density at radius 2 is 2.00 bits per heavy atom. The van der Waals surface area contributed by atoms with Crippen LogP contribution in [0.15, 0.2) is 23.2 Å². The van der Waals surface area contributed by atoms with Gasteiger partial charge in [-0.3, -0.25) is 4.99 Å². The molecule has 9 heteroatoms. The van der Waals surface area contributed by atoms with E-state index in [2.05, 4.69) is 15.6 Å². The number of hydrogen-bond acceptors (Lipinski definition) is 4. The van der Waals surface area contributed by atoms with Crippen molar-refractivity contribution in [3.8, 4) is 5.75 Å². The van der Waals surface area contributed by atoms with E-state index < -0.39 is 0 Å². The standard InChI is InChI=1S/C19H29ClN4O3.HI/c1-4-26-17-12-15(20)7-6-14(17)13-22-18(21-3)23-16-8-10-24(11-9-16)19(25)27-5-2;/h6-7,12,16H,4-5,8-11,13H2,1-3H3,(H2,21,22,23);1H. The van der Waals surface area contributed by atoms with Gasteiger partial charge in [0.15, 0.2) is 5.96 Å². The molecule has 2 N–H and O–H groups in total. The number of nitrogens with zero attached hydrogens (tertiary/aromatic N) is 2. The number of halogens is 2. The smallest absolute Gasteiger partial charge is 0.409 e. The maximum atomic E-state index is 11.8. The number of carbonyl (C=O) groups excluding carboxylic acids is 1. The van der Waals surface area contributed by atoms with Crippen molar-refractivity contribution in [2.75, 3.05) is 33.4 Å². The molecule has 1 aliphatic rings. The number of amides is 1. The number of piperidine rings is 1. The molecule has 28 heavy (non-hydrogen) atoms. The van der Waals surface area contributed by atoms with Crippen LogP contribution in [0.2, 0.25) is 5.02 Å². The van der Waals surface area contributed by atoms with Crippen molar-refractivity contribution in [3.05, 3.63) is 28.8 Å². The Hall–Kier alpha value is -1.42. The number of benzene rings is 1. The van der Waals surface area contributed by atoms with Crippen molar-refractivity contribution in [3.63, 3.8) is 0 Å². The topological polar surface area (TPSA) is 75.2 Å². The van der Waals surface area contributed by atoms with Crippen molar-refractivity contribution < 1.29 is 14.3 Å². The van der Waals surface area contributed by atoms with Crippen LogP contribution < -0.4 is 15.4 Å². The van der Waals surface area contributed by atoms with E-state index in [1.54, 1.807) is 11.9 Å². The number of aliphatic imine (C=N–C) groups is 1. The average molecular weight is 525 g/mol. The molecule has 0 saturated carbocycles. The molecule has 0 aromatic heterocycles. The summed E-state index contributed by atoms with van der Waals surface area (Å²) in [6.07, 6.45) is 1.47. The van der Waals surface area contributed by atoms with Gasteiger partial charge in [0.2, 0.25) is 0 Å². The van der Waals surface area contributed by atoms with E-state index in [4.69, 9.17) is 21.1 Å². The third-order valence-electron chi connectivity index (χ3n) is 4.36. The third kappa shape index (κ3) is 7.54. The molecule has 0 spiro atoms. The van der Waals surface area contributed by atoms with Crippen LogP contribution >= 0.6 is 35.6 Å². The van der Waals surface area contributed by atoms with Gasteiger partial charge in [-0.2, -0.15) is 0 Å². The van der Waals surface area contributed by atoms with Gasteiger partial charge < -0.3 is 25.0 Å². The summed E-state index contributed by atoms with van der Waals surface area (Å²) < 4.78 is 10.7. The monoisotopic (exact) mass is 524 g/mol. The van der Waals surface area contributed by atoms with Gasteiger partial charge in [0.25, 0.3) is 0 Å².